The third-order valence-corrected chi connectivity index (χ3v) is 7.18. The zero-order chi connectivity index (χ0) is 19.7. The fourth-order valence-electron chi connectivity index (χ4n) is 4.32. The topological polar surface area (TPSA) is 72.8 Å². The molecule has 2 aliphatic rings. The molecular weight excluding hydrogens is 372 g/mol. The Hall–Kier alpha value is -1.73. The second-order valence-electron chi connectivity index (χ2n) is 8.20. The molecule has 3 N–H and O–H groups in total. The quantitative estimate of drug-likeness (QED) is 0.720. The van der Waals surface area contributed by atoms with Gasteiger partial charge in [-0.2, -0.15) is 0 Å². The number of likely N-dealkylation sites (tertiary alicyclic amines) is 1. The summed E-state index contributed by atoms with van der Waals surface area (Å²) in [5.41, 5.74) is 2.18. The van der Waals surface area contributed by atoms with Crippen LogP contribution in [0.3, 0.4) is 0 Å². The number of aliphatic hydroxyl groups is 2. The first kappa shape index (κ1) is 19.6. The van der Waals surface area contributed by atoms with E-state index in [0.29, 0.717) is 6.42 Å². The number of aryl methyl sites for hydroxylation is 1. The second kappa shape index (κ2) is 7.95. The number of hydrogen-bond donors (Lipinski definition) is 3. The largest absolute Gasteiger partial charge is 0.388 e. The second-order valence-corrected chi connectivity index (χ2v) is 9.14. The minimum Gasteiger partial charge on any atom is -0.388 e. The highest BCUT2D eigenvalue weighted by molar-refractivity contribution is 7.10. The van der Waals surface area contributed by atoms with E-state index in [0.717, 1.165) is 60.6 Å². The first-order valence-corrected chi connectivity index (χ1v) is 10.9. The van der Waals surface area contributed by atoms with E-state index >= 15 is 0 Å². The molecule has 1 aromatic heterocycles. The van der Waals surface area contributed by atoms with Crippen molar-refractivity contribution >= 4 is 22.9 Å². The maximum Gasteiger partial charge on any atom is 0.224 e. The zero-order valence-corrected chi connectivity index (χ0v) is 17.0. The van der Waals surface area contributed by atoms with Crippen molar-refractivity contribution in [2.45, 2.75) is 44.3 Å². The summed E-state index contributed by atoms with van der Waals surface area (Å²) < 4.78 is 0. The van der Waals surface area contributed by atoms with E-state index in [-0.39, 0.29) is 11.8 Å². The predicted octanol–water partition coefficient (Wildman–Crippen LogP) is 3.29. The molecule has 5 nitrogen and oxygen atoms in total. The van der Waals surface area contributed by atoms with Crippen molar-refractivity contribution in [1.29, 1.82) is 0 Å². The van der Waals surface area contributed by atoms with Gasteiger partial charge in [0, 0.05) is 36.6 Å². The molecule has 2 atom stereocenters. The summed E-state index contributed by atoms with van der Waals surface area (Å²) in [5.74, 6) is 0.144. The van der Waals surface area contributed by atoms with Crippen molar-refractivity contribution in [3.05, 3.63) is 51.7 Å². The number of carbonyl (C=O) groups is 1. The van der Waals surface area contributed by atoms with Crippen molar-refractivity contribution in [1.82, 2.24) is 4.90 Å². The van der Waals surface area contributed by atoms with Crippen LogP contribution in [0.1, 0.15) is 48.3 Å². The summed E-state index contributed by atoms with van der Waals surface area (Å²) in [7, 11) is 0. The predicted molar refractivity (Wildman–Crippen MR) is 111 cm³/mol. The standard InChI is InChI=1S/C22H28N2O3S/c1-15(14-24-10-8-22(27,9-11-24)19-3-2-12-28-19)21(26)17-4-6-18-16(13-17)5-7-20(25)23-18/h2-4,6,12-13,15,21,26-27H,5,7-11,14H2,1H3,(H,23,25). The molecule has 2 aromatic rings. The highest BCUT2D eigenvalue weighted by Crippen LogP contribution is 2.36. The van der Waals surface area contributed by atoms with Crippen molar-refractivity contribution in [2.24, 2.45) is 5.92 Å². The molecule has 4 rings (SSSR count). The first-order chi connectivity index (χ1) is 13.4. The lowest BCUT2D eigenvalue weighted by molar-refractivity contribution is -0.116. The molecule has 0 radical (unpaired) electrons. The molecule has 2 unspecified atom stereocenters. The number of amides is 1. The van der Waals surface area contributed by atoms with Crippen LogP contribution < -0.4 is 5.32 Å². The molecule has 6 heteroatoms. The van der Waals surface area contributed by atoms with Crippen LogP contribution in [0, 0.1) is 5.92 Å². The summed E-state index contributed by atoms with van der Waals surface area (Å²) >= 11 is 1.62. The maximum atomic E-state index is 11.5. The molecule has 0 saturated carbocycles. The van der Waals surface area contributed by atoms with Gasteiger partial charge in [-0.25, -0.2) is 0 Å². The number of aliphatic hydroxyl groups excluding tert-OH is 1. The Morgan fingerprint density at radius 3 is 2.75 bits per heavy atom. The van der Waals surface area contributed by atoms with Crippen LogP contribution in [0.2, 0.25) is 0 Å². The summed E-state index contributed by atoms with van der Waals surface area (Å²) in [6, 6.07) is 9.86. The van der Waals surface area contributed by atoms with Crippen molar-refractivity contribution in [3.8, 4) is 0 Å². The van der Waals surface area contributed by atoms with Gasteiger partial charge >= 0.3 is 0 Å². The number of hydrogen-bond acceptors (Lipinski definition) is 5. The minimum absolute atomic E-state index is 0.0572. The van der Waals surface area contributed by atoms with E-state index in [1.807, 2.05) is 35.7 Å². The Kier molecular flexibility index (Phi) is 5.56. The third kappa shape index (κ3) is 4.01. The number of fused-ring (bicyclic) bond motifs is 1. The molecule has 0 spiro atoms. The summed E-state index contributed by atoms with van der Waals surface area (Å²) in [5, 5.41) is 26.7. The van der Waals surface area contributed by atoms with E-state index in [1.54, 1.807) is 11.3 Å². The van der Waals surface area contributed by atoms with Crippen LogP contribution >= 0.6 is 11.3 Å². The van der Waals surface area contributed by atoms with Crippen LogP contribution in [0.5, 0.6) is 0 Å². The van der Waals surface area contributed by atoms with Gasteiger partial charge in [-0.1, -0.05) is 25.1 Å². The lowest BCUT2D eigenvalue weighted by Gasteiger charge is -2.39. The number of nitrogens with one attached hydrogen (secondary N) is 1. The van der Waals surface area contributed by atoms with Crippen LogP contribution in [0.25, 0.3) is 0 Å². The van der Waals surface area contributed by atoms with Gasteiger partial charge in [-0.3, -0.25) is 4.79 Å². The van der Waals surface area contributed by atoms with Crippen LogP contribution in [-0.2, 0) is 16.8 Å². The molecule has 1 saturated heterocycles. The number of rotatable bonds is 5. The smallest absolute Gasteiger partial charge is 0.224 e. The minimum atomic E-state index is -0.699. The maximum absolute atomic E-state index is 11.5. The zero-order valence-electron chi connectivity index (χ0n) is 16.2. The molecule has 2 aliphatic heterocycles. The van der Waals surface area contributed by atoms with Crippen LogP contribution in [-0.4, -0.2) is 40.7 Å². The molecule has 1 aromatic carbocycles. The molecule has 0 aliphatic carbocycles. The monoisotopic (exact) mass is 400 g/mol. The van der Waals surface area contributed by atoms with Crippen molar-refractivity contribution in [3.63, 3.8) is 0 Å². The van der Waals surface area contributed by atoms with Gasteiger partial charge < -0.3 is 20.4 Å². The fraction of sp³-hybridized carbons (Fsp3) is 0.500. The third-order valence-electron chi connectivity index (χ3n) is 6.11. The van der Waals surface area contributed by atoms with Gasteiger partial charge in [0.05, 0.1) is 6.10 Å². The Morgan fingerprint density at radius 2 is 2.04 bits per heavy atom. The summed E-state index contributed by atoms with van der Waals surface area (Å²) in [6.07, 6.45) is 2.15. The Bertz CT molecular complexity index is 828. The molecule has 3 heterocycles. The molecular formula is C22H28N2O3S. The van der Waals surface area contributed by atoms with Gasteiger partial charge in [0.25, 0.3) is 0 Å². The van der Waals surface area contributed by atoms with Gasteiger partial charge in [0.15, 0.2) is 0 Å². The molecule has 150 valence electrons. The summed E-state index contributed by atoms with van der Waals surface area (Å²) in [6.45, 7) is 4.55. The number of piperidine rings is 1. The number of anilines is 1. The van der Waals surface area contributed by atoms with E-state index in [2.05, 4.69) is 17.1 Å². The van der Waals surface area contributed by atoms with Crippen LogP contribution in [0.15, 0.2) is 35.7 Å². The van der Waals surface area contributed by atoms with Gasteiger partial charge in [0.2, 0.25) is 5.91 Å². The van der Waals surface area contributed by atoms with Crippen molar-refractivity contribution in [2.75, 3.05) is 25.0 Å². The molecule has 0 bridgehead atoms. The van der Waals surface area contributed by atoms with Gasteiger partial charge in [0.1, 0.15) is 5.60 Å². The summed E-state index contributed by atoms with van der Waals surface area (Å²) in [4.78, 5) is 14.9. The normalized spacial score (nSPS) is 21.6. The number of nitrogens with zero attached hydrogens (tertiary/aromatic N) is 1. The number of thiophene rings is 1. The van der Waals surface area contributed by atoms with E-state index in [9.17, 15) is 15.0 Å². The van der Waals surface area contributed by atoms with Gasteiger partial charge in [-0.15, -0.1) is 11.3 Å². The average Bonchev–Trinajstić information content (AvgIpc) is 3.24. The van der Waals surface area contributed by atoms with E-state index in [4.69, 9.17) is 0 Å². The van der Waals surface area contributed by atoms with Crippen LogP contribution in [0.4, 0.5) is 5.69 Å². The number of benzene rings is 1. The first-order valence-electron chi connectivity index (χ1n) is 10.0. The lowest BCUT2D eigenvalue weighted by atomic mass is 9.88. The lowest BCUT2D eigenvalue weighted by Crippen LogP contribution is -2.44. The van der Waals surface area contributed by atoms with Crippen molar-refractivity contribution < 1.29 is 15.0 Å². The highest BCUT2D eigenvalue weighted by atomic mass is 32.1. The molecule has 1 amide bonds. The molecule has 1 fully saturated rings. The molecule has 28 heavy (non-hydrogen) atoms. The highest BCUT2D eigenvalue weighted by Gasteiger charge is 2.35. The van der Waals surface area contributed by atoms with Gasteiger partial charge in [-0.05, 0) is 53.8 Å². The SMILES string of the molecule is CC(CN1CCC(O)(c2cccs2)CC1)C(O)c1ccc2c(c1)CCC(=O)N2. The average molecular weight is 401 g/mol. The Balaban J connectivity index is 1.35. The fourth-order valence-corrected chi connectivity index (χ4v) is 5.20. The Morgan fingerprint density at radius 1 is 1.25 bits per heavy atom. The number of carbonyl (C=O) groups excluding carboxylic acids is 1. The van der Waals surface area contributed by atoms with E-state index < -0.39 is 11.7 Å². The Labute approximate surface area is 170 Å². The van der Waals surface area contributed by atoms with E-state index in [1.165, 1.54) is 0 Å².